The highest BCUT2D eigenvalue weighted by molar-refractivity contribution is 5.76. The van der Waals surface area contributed by atoms with E-state index in [9.17, 15) is 4.79 Å². The van der Waals surface area contributed by atoms with Crippen molar-refractivity contribution in [1.29, 1.82) is 0 Å². The Bertz CT molecular complexity index is 272. The number of hydrogen-bond acceptors (Lipinski definition) is 3. The van der Waals surface area contributed by atoms with Gasteiger partial charge in [-0.1, -0.05) is 6.92 Å². The monoisotopic (exact) mass is 197 g/mol. The molecule has 1 amide bonds. The van der Waals surface area contributed by atoms with Gasteiger partial charge in [-0.3, -0.25) is 4.57 Å². The molecule has 14 heavy (non-hydrogen) atoms. The lowest BCUT2D eigenvalue weighted by atomic mass is 10.2. The van der Waals surface area contributed by atoms with Gasteiger partial charge in [-0.25, -0.2) is 9.78 Å². The molecule has 0 bridgehead atoms. The lowest BCUT2D eigenvalue weighted by Gasteiger charge is -2.15. The number of carbonyl (C=O) groups is 1. The third-order valence-corrected chi connectivity index (χ3v) is 2.04. The molecule has 0 radical (unpaired) electrons. The van der Waals surface area contributed by atoms with Crippen molar-refractivity contribution in [2.45, 2.75) is 25.8 Å². The molecule has 0 aliphatic heterocycles. The largest absolute Gasteiger partial charge is 0.396 e. The van der Waals surface area contributed by atoms with Gasteiger partial charge in [0, 0.05) is 25.0 Å². The molecular formula is C9H15N3O2. The van der Waals surface area contributed by atoms with Gasteiger partial charge in [-0.2, -0.15) is 0 Å². The van der Waals surface area contributed by atoms with E-state index in [1.54, 1.807) is 12.4 Å². The fourth-order valence-electron chi connectivity index (χ4n) is 1.16. The van der Waals surface area contributed by atoms with Crippen LogP contribution in [0, 0.1) is 0 Å². The quantitative estimate of drug-likeness (QED) is 0.742. The summed E-state index contributed by atoms with van der Waals surface area (Å²) in [4.78, 5) is 15.3. The molecule has 2 N–H and O–H groups in total. The van der Waals surface area contributed by atoms with Gasteiger partial charge in [-0.15, -0.1) is 0 Å². The maximum Gasteiger partial charge on any atom is 0.327 e. The van der Waals surface area contributed by atoms with Gasteiger partial charge in [0.05, 0.1) is 0 Å². The molecule has 78 valence electrons. The summed E-state index contributed by atoms with van der Waals surface area (Å²) in [6.45, 7) is 2.05. The van der Waals surface area contributed by atoms with Crippen LogP contribution in [0.3, 0.4) is 0 Å². The van der Waals surface area contributed by atoms with Crippen LogP contribution in [0.15, 0.2) is 18.7 Å². The molecule has 0 spiro atoms. The van der Waals surface area contributed by atoms with E-state index in [1.165, 1.54) is 10.9 Å². The Hall–Kier alpha value is -1.36. The van der Waals surface area contributed by atoms with Crippen LogP contribution in [0.25, 0.3) is 0 Å². The molecule has 0 fully saturated rings. The van der Waals surface area contributed by atoms with Crippen LogP contribution in [-0.2, 0) is 0 Å². The first-order valence-corrected chi connectivity index (χ1v) is 4.67. The Balaban J connectivity index is 2.47. The highest BCUT2D eigenvalue weighted by Crippen LogP contribution is 1.97. The maximum absolute atomic E-state index is 11.5. The first kappa shape index (κ1) is 10.7. The smallest absolute Gasteiger partial charge is 0.327 e. The number of aliphatic hydroxyl groups excluding tert-OH is 1. The fourth-order valence-corrected chi connectivity index (χ4v) is 1.16. The van der Waals surface area contributed by atoms with Crippen molar-refractivity contribution >= 4 is 6.03 Å². The molecule has 0 saturated carbocycles. The van der Waals surface area contributed by atoms with E-state index in [0.717, 1.165) is 6.42 Å². The Kier molecular flexibility index (Phi) is 4.12. The van der Waals surface area contributed by atoms with Crippen molar-refractivity contribution in [2.75, 3.05) is 6.61 Å². The van der Waals surface area contributed by atoms with Gasteiger partial charge in [0.25, 0.3) is 0 Å². The number of nitrogens with one attached hydrogen (secondary N) is 1. The maximum atomic E-state index is 11.5. The molecule has 0 aliphatic carbocycles. The minimum atomic E-state index is -0.206. The van der Waals surface area contributed by atoms with Crippen LogP contribution in [0.4, 0.5) is 4.79 Å². The summed E-state index contributed by atoms with van der Waals surface area (Å²) >= 11 is 0. The number of hydrogen-bond donors (Lipinski definition) is 2. The molecule has 1 unspecified atom stereocenters. The number of nitrogens with zero attached hydrogens (tertiary/aromatic N) is 2. The second kappa shape index (κ2) is 5.39. The molecule has 0 aromatic carbocycles. The highest BCUT2D eigenvalue weighted by atomic mass is 16.3. The summed E-state index contributed by atoms with van der Waals surface area (Å²) in [5.41, 5.74) is 0. The summed E-state index contributed by atoms with van der Waals surface area (Å²) in [7, 11) is 0. The molecular weight excluding hydrogens is 182 g/mol. The minimum absolute atomic E-state index is 0.0231. The highest BCUT2D eigenvalue weighted by Gasteiger charge is 2.10. The number of imidazole rings is 1. The Labute approximate surface area is 82.8 Å². The summed E-state index contributed by atoms with van der Waals surface area (Å²) in [6, 6.07) is -0.183. The molecule has 0 aliphatic rings. The van der Waals surface area contributed by atoms with Gasteiger partial charge in [-0.05, 0) is 12.8 Å². The predicted molar refractivity (Wildman–Crippen MR) is 51.9 cm³/mol. The number of aliphatic hydroxyl groups is 1. The van der Waals surface area contributed by atoms with Gasteiger partial charge in [0.1, 0.15) is 6.33 Å². The topological polar surface area (TPSA) is 67.2 Å². The van der Waals surface area contributed by atoms with Crippen molar-refractivity contribution in [3.63, 3.8) is 0 Å². The van der Waals surface area contributed by atoms with E-state index in [4.69, 9.17) is 5.11 Å². The van der Waals surface area contributed by atoms with Crippen LogP contribution in [0.1, 0.15) is 19.8 Å². The van der Waals surface area contributed by atoms with E-state index < -0.39 is 0 Å². The third-order valence-electron chi connectivity index (χ3n) is 2.04. The average molecular weight is 197 g/mol. The fraction of sp³-hybridized carbons (Fsp3) is 0.556. The molecule has 1 atom stereocenters. The Morgan fingerprint density at radius 1 is 1.71 bits per heavy atom. The van der Waals surface area contributed by atoms with E-state index >= 15 is 0 Å². The summed E-state index contributed by atoms with van der Waals surface area (Å²) in [5, 5.41) is 11.5. The van der Waals surface area contributed by atoms with Crippen LogP contribution < -0.4 is 5.32 Å². The van der Waals surface area contributed by atoms with Gasteiger partial charge >= 0.3 is 6.03 Å². The average Bonchev–Trinajstić information content (AvgIpc) is 2.69. The second-order valence-corrected chi connectivity index (χ2v) is 3.04. The van der Waals surface area contributed by atoms with Crippen LogP contribution in [0.2, 0.25) is 0 Å². The molecule has 1 rings (SSSR count). The second-order valence-electron chi connectivity index (χ2n) is 3.04. The number of amides is 1. The molecule has 5 nitrogen and oxygen atoms in total. The number of carbonyl (C=O) groups excluding carboxylic acids is 1. The summed E-state index contributed by atoms with van der Waals surface area (Å²) in [5.74, 6) is 0. The van der Waals surface area contributed by atoms with Gasteiger partial charge in [0.2, 0.25) is 0 Å². The molecule has 1 aromatic rings. The zero-order valence-corrected chi connectivity index (χ0v) is 8.18. The Morgan fingerprint density at radius 2 is 2.50 bits per heavy atom. The number of aromatic nitrogens is 2. The first-order chi connectivity index (χ1) is 6.77. The van der Waals surface area contributed by atoms with Gasteiger partial charge in [0.15, 0.2) is 0 Å². The Morgan fingerprint density at radius 3 is 3.00 bits per heavy atom. The zero-order valence-electron chi connectivity index (χ0n) is 8.18. The number of rotatable bonds is 4. The summed E-state index contributed by atoms with van der Waals surface area (Å²) < 4.78 is 1.38. The standard InChI is InChI=1S/C9H15N3O2/c1-2-8(3-6-13)11-9(14)12-5-4-10-7-12/h4-5,7-8,13H,2-3,6H2,1H3,(H,11,14). The van der Waals surface area contributed by atoms with Crippen LogP contribution in [-0.4, -0.2) is 33.3 Å². The normalized spacial score (nSPS) is 12.4. The molecule has 0 saturated heterocycles. The molecule has 1 heterocycles. The van der Waals surface area contributed by atoms with Crippen molar-refractivity contribution in [1.82, 2.24) is 14.9 Å². The SMILES string of the molecule is CCC(CCO)NC(=O)n1ccnc1. The predicted octanol–water partition coefficient (Wildman–Crippen LogP) is 0.602. The minimum Gasteiger partial charge on any atom is -0.396 e. The van der Waals surface area contributed by atoms with E-state index in [0.29, 0.717) is 6.42 Å². The lowest BCUT2D eigenvalue weighted by Crippen LogP contribution is -2.37. The van der Waals surface area contributed by atoms with Crippen LogP contribution >= 0.6 is 0 Å². The van der Waals surface area contributed by atoms with Crippen molar-refractivity contribution in [3.8, 4) is 0 Å². The third kappa shape index (κ3) is 2.85. The lowest BCUT2D eigenvalue weighted by molar-refractivity contribution is 0.229. The van der Waals surface area contributed by atoms with Crippen LogP contribution in [0.5, 0.6) is 0 Å². The summed E-state index contributed by atoms with van der Waals surface area (Å²) in [6.07, 6.45) is 5.96. The molecule has 1 aromatic heterocycles. The zero-order chi connectivity index (χ0) is 10.4. The van der Waals surface area contributed by atoms with Crippen molar-refractivity contribution < 1.29 is 9.90 Å². The van der Waals surface area contributed by atoms with Gasteiger partial charge < -0.3 is 10.4 Å². The molecule has 5 heteroatoms. The van der Waals surface area contributed by atoms with Crippen molar-refractivity contribution in [3.05, 3.63) is 18.7 Å². The van der Waals surface area contributed by atoms with E-state index in [-0.39, 0.29) is 18.7 Å². The van der Waals surface area contributed by atoms with E-state index in [2.05, 4.69) is 10.3 Å². The van der Waals surface area contributed by atoms with E-state index in [1.807, 2.05) is 6.92 Å². The first-order valence-electron chi connectivity index (χ1n) is 4.67. The van der Waals surface area contributed by atoms with Crippen molar-refractivity contribution in [2.24, 2.45) is 0 Å².